The van der Waals surface area contributed by atoms with E-state index in [1.807, 2.05) is 17.9 Å². The van der Waals surface area contributed by atoms with Gasteiger partial charge in [0.1, 0.15) is 11.8 Å². The van der Waals surface area contributed by atoms with E-state index < -0.39 is 12.7 Å². The predicted octanol–water partition coefficient (Wildman–Crippen LogP) is 1.98. The molecule has 1 fully saturated rings. The van der Waals surface area contributed by atoms with Crippen molar-refractivity contribution < 1.29 is 13.2 Å². The van der Waals surface area contributed by atoms with Crippen LogP contribution in [0.4, 0.5) is 19.1 Å². The Kier molecular flexibility index (Phi) is 4.86. The fraction of sp³-hybridized carbons (Fsp3) is 0.643. The highest BCUT2D eigenvalue weighted by atomic mass is 19.4. The fourth-order valence-electron chi connectivity index (χ4n) is 2.65. The van der Waals surface area contributed by atoms with Crippen molar-refractivity contribution >= 4 is 5.95 Å². The molecule has 0 amide bonds. The predicted molar refractivity (Wildman–Crippen MR) is 75.4 cm³/mol. The summed E-state index contributed by atoms with van der Waals surface area (Å²) in [4.78, 5) is 11.7. The van der Waals surface area contributed by atoms with Gasteiger partial charge >= 0.3 is 6.18 Å². The maximum absolute atomic E-state index is 12.6. The van der Waals surface area contributed by atoms with Crippen molar-refractivity contribution in [1.82, 2.24) is 14.9 Å². The summed E-state index contributed by atoms with van der Waals surface area (Å²) in [5.41, 5.74) is 0.942. The quantitative estimate of drug-likeness (QED) is 0.835. The topological polar surface area (TPSA) is 56.1 Å². The number of rotatable bonds is 2. The lowest BCUT2D eigenvalue weighted by atomic mass is 10.1. The number of anilines is 1. The lowest BCUT2D eigenvalue weighted by molar-refractivity contribution is -0.146. The number of halogens is 3. The largest absolute Gasteiger partial charge is 0.401 e. The number of hydrogen-bond donors (Lipinski definition) is 0. The highest BCUT2D eigenvalue weighted by Gasteiger charge is 2.33. The molecule has 22 heavy (non-hydrogen) atoms. The molecule has 120 valence electrons. The molecule has 8 heteroatoms. The lowest BCUT2D eigenvalue weighted by Crippen LogP contribution is -2.38. The lowest BCUT2D eigenvalue weighted by Gasteiger charge is -2.22. The summed E-state index contributed by atoms with van der Waals surface area (Å²) in [7, 11) is 0. The molecular formula is C14H18F3N5. The van der Waals surface area contributed by atoms with Crippen LogP contribution < -0.4 is 4.90 Å². The van der Waals surface area contributed by atoms with Crippen LogP contribution in [0.2, 0.25) is 0 Å². The van der Waals surface area contributed by atoms with Gasteiger partial charge in [-0.2, -0.15) is 18.4 Å². The number of alkyl halides is 3. The Labute approximate surface area is 127 Å². The summed E-state index contributed by atoms with van der Waals surface area (Å²) in [5, 5.41) is 8.97. The van der Waals surface area contributed by atoms with Crippen LogP contribution in [0.5, 0.6) is 0 Å². The molecule has 2 rings (SSSR count). The molecule has 1 aliphatic heterocycles. The van der Waals surface area contributed by atoms with Crippen LogP contribution in [0.15, 0.2) is 6.07 Å². The van der Waals surface area contributed by atoms with Gasteiger partial charge in [0.25, 0.3) is 0 Å². The van der Waals surface area contributed by atoms with Gasteiger partial charge in [-0.1, -0.05) is 6.92 Å². The van der Waals surface area contributed by atoms with Gasteiger partial charge in [-0.25, -0.2) is 9.97 Å². The summed E-state index contributed by atoms with van der Waals surface area (Å²) in [5.74, 6) is 0.469. The van der Waals surface area contributed by atoms with E-state index in [2.05, 4.69) is 9.97 Å². The molecule has 0 saturated carbocycles. The summed E-state index contributed by atoms with van der Waals surface area (Å²) in [6.45, 7) is 4.43. The van der Waals surface area contributed by atoms with E-state index in [4.69, 9.17) is 5.26 Å². The number of aryl methyl sites for hydroxylation is 1. The van der Waals surface area contributed by atoms with Crippen LogP contribution in [-0.2, 0) is 0 Å². The van der Waals surface area contributed by atoms with Crippen molar-refractivity contribution in [2.45, 2.75) is 20.0 Å². The maximum atomic E-state index is 12.6. The summed E-state index contributed by atoms with van der Waals surface area (Å²) < 4.78 is 37.7. The van der Waals surface area contributed by atoms with Crippen LogP contribution >= 0.6 is 0 Å². The van der Waals surface area contributed by atoms with Crippen molar-refractivity contribution in [1.29, 1.82) is 5.26 Å². The molecule has 1 saturated heterocycles. The first kappa shape index (κ1) is 16.5. The Morgan fingerprint density at radius 2 is 2.05 bits per heavy atom. The molecule has 1 aliphatic rings. The standard InChI is InChI=1S/C14H18F3N5/c1-10-7-21(9-14(15,16)17)3-4-22(8-10)13-19-11(2)5-12(6-18)20-13/h5,10H,3-4,7-9H2,1-2H3. The van der Waals surface area contributed by atoms with Gasteiger partial charge in [-0.15, -0.1) is 0 Å². The van der Waals surface area contributed by atoms with Gasteiger partial charge in [0.05, 0.1) is 6.54 Å². The van der Waals surface area contributed by atoms with Crippen molar-refractivity contribution in [2.75, 3.05) is 37.6 Å². The molecule has 0 bridgehead atoms. The molecule has 1 aromatic rings. The van der Waals surface area contributed by atoms with E-state index in [9.17, 15) is 13.2 Å². The van der Waals surface area contributed by atoms with Gasteiger partial charge in [0.15, 0.2) is 0 Å². The molecule has 0 spiro atoms. The van der Waals surface area contributed by atoms with E-state index in [0.29, 0.717) is 37.8 Å². The normalized spacial score (nSPS) is 20.5. The first-order valence-electron chi connectivity index (χ1n) is 7.06. The fourth-order valence-corrected chi connectivity index (χ4v) is 2.65. The van der Waals surface area contributed by atoms with Crippen molar-refractivity contribution in [3.63, 3.8) is 0 Å². The molecule has 0 N–H and O–H groups in total. The molecule has 1 atom stereocenters. The summed E-state index contributed by atoms with van der Waals surface area (Å²) in [6.07, 6.45) is -4.19. The van der Waals surface area contributed by atoms with Gasteiger partial charge in [0, 0.05) is 31.9 Å². The zero-order valence-electron chi connectivity index (χ0n) is 12.6. The zero-order valence-corrected chi connectivity index (χ0v) is 12.6. The van der Waals surface area contributed by atoms with Crippen LogP contribution in [0.3, 0.4) is 0 Å². The Morgan fingerprint density at radius 3 is 2.68 bits per heavy atom. The summed E-state index contributed by atoms with van der Waals surface area (Å²) >= 11 is 0. The van der Waals surface area contributed by atoms with Crippen molar-refractivity contribution in [3.8, 4) is 6.07 Å². The third-order valence-corrected chi connectivity index (χ3v) is 3.43. The van der Waals surface area contributed by atoms with Gasteiger partial charge < -0.3 is 4.90 Å². The average molecular weight is 313 g/mol. The third kappa shape index (κ3) is 4.56. The van der Waals surface area contributed by atoms with Gasteiger partial charge in [-0.05, 0) is 18.9 Å². The molecular weight excluding hydrogens is 295 g/mol. The molecule has 1 aromatic heterocycles. The first-order chi connectivity index (χ1) is 10.3. The molecule has 1 unspecified atom stereocenters. The number of nitrogens with zero attached hydrogens (tertiary/aromatic N) is 5. The van der Waals surface area contributed by atoms with E-state index in [-0.39, 0.29) is 11.6 Å². The monoisotopic (exact) mass is 313 g/mol. The third-order valence-electron chi connectivity index (χ3n) is 3.43. The SMILES string of the molecule is Cc1cc(C#N)nc(N2CCN(CC(F)(F)F)CC(C)C2)n1. The number of nitriles is 1. The molecule has 0 radical (unpaired) electrons. The smallest absolute Gasteiger partial charge is 0.339 e. The highest BCUT2D eigenvalue weighted by molar-refractivity contribution is 5.36. The minimum Gasteiger partial charge on any atom is -0.339 e. The number of hydrogen-bond acceptors (Lipinski definition) is 5. The maximum Gasteiger partial charge on any atom is 0.401 e. The summed E-state index contributed by atoms with van der Waals surface area (Å²) in [6, 6.07) is 3.56. The van der Waals surface area contributed by atoms with Crippen LogP contribution in [0.25, 0.3) is 0 Å². The first-order valence-corrected chi connectivity index (χ1v) is 7.06. The second kappa shape index (κ2) is 6.48. The minimum atomic E-state index is -4.19. The minimum absolute atomic E-state index is 0.0551. The molecule has 5 nitrogen and oxygen atoms in total. The van der Waals surface area contributed by atoms with Gasteiger partial charge in [0.2, 0.25) is 5.95 Å². The molecule has 0 aliphatic carbocycles. The van der Waals surface area contributed by atoms with Crippen LogP contribution in [-0.4, -0.2) is 53.8 Å². The Balaban J connectivity index is 2.14. The van der Waals surface area contributed by atoms with Crippen LogP contribution in [0.1, 0.15) is 18.3 Å². The second-order valence-electron chi connectivity index (χ2n) is 5.71. The Hall–Kier alpha value is -1.88. The average Bonchev–Trinajstić information content (AvgIpc) is 2.57. The molecule has 2 heterocycles. The van der Waals surface area contributed by atoms with Gasteiger partial charge in [-0.3, -0.25) is 4.90 Å². The zero-order chi connectivity index (χ0) is 16.3. The van der Waals surface area contributed by atoms with E-state index in [0.717, 1.165) is 0 Å². The van der Waals surface area contributed by atoms with E-state index in [1.54, 1.807) is 13.0 Å². The Morgan fingerprint density at radius 1 is 1.32 bits per heavy atom. The van der Waals surface area contributed by atoms with E-state index >= 15 is 0 Å². The van der Waals surface area contributed by atoms with Crippen molar-refractivity contribution in [2.24, 2.45) is 5.92 Å². The second-order valence-corrected chi connectivity index (χ2v) is 5.71. The Bertz CT molecular complexity index is 567. The highest BCUT2D eigenvalue weighted by Crippen LogP contribution is 2.20. The van der Waals surface area contributed by atoms with Crippen LogP contribution in [0, 0.1) is 24.2 Å². The van der Waals surface area contributed by atoms with E-state index in [1.165, 1.54) is 4.90 Å². The van der Waals surface area contributed by atoms with Crippen molar-refractivity contribution in [3.05, 3.63) is 17.5 Å². The number of aromatic nitrogens is 2. The molecule has 0 aromatic carbocycles.